The van der Waals surface area contributed by atoms with Crippen LogP contribution in [0.15, 0.2) is 41.3 Å². The number of hydrogen-bond donors (Lipinski definition) is 1. The number of hydrogen-bond acceptors (Lipinski definition) is 2. The molecule has 0 atom stereocenters. The number of rotatable bonds is 1. The molecule has 0 heterocycles. The zero-order valence-electron chi connectivity index (χ0n) is 7.51. The van der Waals surface area contributed by atoms with Gasteiger partial charge < -0.3 is 0 Å². The predicted molar refractivity (Wildman–Crippen MR) is 65.9 cm³/mol. The van der Waals surface area contributed by atoms with Crippen LogP contribution < -0.4 is 0 Å². The van der Waals surface area contributed by atoms with E-state index in [-0.39, 0.29) is 28.8 Å². The normalized spacial score (nSPS) is 11.1. The van der Waals surface area contributed by atoms with Gasteiger partial charge in [-0.25, -0.2) is 0 Å². The first-order chi connectivity index (χ1) is 7.00. The van der Waals surface area contributed by atoms with Gasteiger partial charge in [0, 0.05) is 5.39 Å². The molecule has 0 amide bonds. The quantitative estimate of drug-likeness (QED) is 0.623. The van der Waals surface area contributed by atoms with E-state index in [9.17, 15) is 8.42 Å². The number of benzene rings is 2. The Morgan fingerprint density at radius 2 is 1.69 bits per heavy atom. The molecule has 6 heteroatoms. The fourth-order valence-electron chi connectivity index (χ4n) is 1.48. The van der Waals surface area contributed by atoms with Gasteiger partial charge in [-0.15, -0.1) is 0 Å². The van der Waals surface area contributed by atoms with Crippen molar-refractivity contribution in [3.8, 4) is 0 Å². The summed E-state index contributed by atoms with van der Waals surface area (Å²) in [5.74, 6) is 0. The summed E-state index contributed by atoms with van der Waals surface area (Å²) in [4.78, 5) is -0.234. The van der Waals surface area contributed by atoms with E-state index in [0.717, 1.165) is 5.39 Å². The molecule has 0 unspecified atom stereocenters. The Labute approximate surface area is 110 Å². The Kier molecular flexibility index (Phi) is 4.05. The van der Waals surface area contributed by atoms with Crippen LogP contribution in [0.5, 0.6) is 0 Å². The summed E-state index contributed by atoms with van der Waals surface area (Å²) in [5.41, 5.74) is 0. The molecule has 2 rings (SSSR count). The molecule has 0 fully saturated rings. The van der Waals surface area contributed by atoms with Crippen LogP contribution in [0.25, 0.3) is 10.8 Å². The van der Waals surface area contributed by atoms with E-state index in [1.807, 2.05) is 0 Å². The molecule has 80 valence electrons. The molecule has 0 radical (unpaired) electrons. The van der Waals surface area contributed by atoms with Crippen molar-refractivity contribution in [2.24, 2.45) is 0 Å². The average Bonchev–Trinajstić information content (AvgIpc) is 2.15. The SMILES string of the molecule is O=S(=O)(O)c1c(Cl)ccc2ccccc12.[LiH]. The van der Waals surface area contributed by atoms with Gasteiger partial charge in [0.1, 0.15) is 4.90 Å². The molecular weight excluding hydrogens is 243 g/mol. The Bertz CT molecular complexity index is 625. The van der Waals surface area contributed by atoms with Crippen LogP contribution in [0.2, 0.25) is 5.02 Å². The van der Waals surface area contributed by atoms with E-state index in [1.165, 1.54) is 6.07 Å². The molecule has 0 bridgehead atoms. The van der Waals surface area contributed by atoms with Gasteiger partial charge in [-0.3, -0.25) is 4.55 Å². The van der Waals surface area contributed by atoms with Gasteiger partial charge in [-0.05, 0) is 11.5 Å². The Balaban J connectivity index is 0.00000128. The summed E-state index contributed by atoms with van der Waals surface area (Å²) in [7, 11) is -4.29. The molecule has 3 nitrogen and oxygen atoms in total. The topological polar surface area (TPSA) is 54.4 Å². The molecule has 0 spiro atoms. The fourth-order valence-corrected chi connectivity index (χ4v) is 2.71. The van der Waals surface area contributed by atoms with Crippen LogP contribution in [0, 0.1) is 0 Å². The van der Waals surface area contributed by atoms with E-state index in [0.29, 0.717) is 5.39 Å². The van der Waals surface area contributed by atoms with Crippen molar-refractivity contribution in [2.75, 3.05) is 0 Å². The Hall–Kier alpha value is -0.503. The van der Waals surface area contributed by atoms with Gasteiger partial charge in [-0.1, -0.05) is 41.9 Å². The van der Waals surface area contributed by atoms with E-state index >= 15 is 0 Å². The van der Waals surface area contributed by atoms with Crippen molar-refractivity contribution in [3.63, 3.8) is 0 Å². The minimum absolute atomic E-state index is 0. The summed E-state index contributed by atoms with van der Waals surface area (Å²) < 4.78 is 31.3. The zero-order chi connectivity index (χ0) is 11.1. The van der Waals surface area contributed by atoms with Crippen LogP contribution >= 0.6 is 11.6 Å². The molecule has 1 N–H and O–H groups in total. The summed E-state index contributed by atoms with van der Waals surface area (Å²) >= 11 is 5.75. The molecule has 0 aliphatic heterocycles. The summed E-state index contributed by atoms with van der Waals surface area (Å²) in [6.07, 6.45) is 0. The number of halogens is 1. The molecule has 0 aromatic heterocycles. The molecule has 16 heavy (non-hydrogen) atoms. The van der Waals surface area contributed by atoms with Crippen molar-refractivity contribution in [3.05, 3.63) is 41.4 Å². The number of fused-ring (bicyclic) bond motifs is 1. The molecule has 2 aromatic rings. The molecule has 0 saturated carbocycles. The predicted octanol–water partition coefficient (Wildman–Crippen LogP) is 2.09. The first-order valence-corrected chi connectivity index (χ1v) is 5.97. The zero-order valence-corrected chi connectivity index (χ0v) is 9.09. The van der Waals surface area contributed by atoms with Crippen LogP contribution in [0.1, 0.15) is 0 Å². The maximum absolute atomic E-state index is 11.1. The third kappa shape index (κ3) is 2.42. The van der Waals surface area contributed by atoms with Crippen molar-refractivity contribution in [1.29, 1.82) is 0 Å². The monoisotopic (exact) mass is 250 g/mol. The third-order valence-electron chi connectivity index (χ3n) is 2.09. The van der Waals surface area contributed by atoms with Gasteiger partial charge in [0.2, 0.25) is 0 Å². The fraction of sp³-hybridized carbons (Fsp3) is 0. The second-order valence-corrected chi connectivity index (χ2v) is 4.84. The third-order valence-corrected chi connectivity index (χ3v) is 3.47. The minimum atomic E-state index is -4.29. The Morgan fingerprint density at radius 3 is 2.31 bits per heavy atom. The molecule has 0 aliphatic rings. The van der Waals surface area contributed by atoms with Crippen LogP contribution in [0.3, 0.4) is 0 Å². The van der Waals surface area contributed by atoms with Gasteiger partial charge >= 0.3 is 18.9 Å². The van der Waals surface area contributed by atoms with E-state index < -0.39 is 10.1 Å². The van der Waals surface area contributed by atoms with Gasteiger partial charge in [0.05, 0.1) is 5.02 Å². The molecule has 0 saturated heterocycles. The molecule has 0 aliphatic carbocycles. The first kappa shape index (κ1) is 13.6. The summed E-state index contributed by atoms with van der Waals surface area (Å²) in [6.45, 7) is 0. The van der Waals surface area contributed by atoms with Gasteiger partial charge in [0.15, 0.2) is 0 Å². The van der Waals surface area contributed by atoms with Crippen LogP contribution in [0.4, 0.5) is 0 Å². The molecular formula is C10H8ClLiO3S. The van der Waals surface area contributed by atoms with Gasteiger partial charge in [0.25, 0.3) is 10.1 Å². The van der Waals surface area contributed by atoms with E-state index in [1.54, 1.807) is 30.3 Å². The standard InChI is InChI=1S/C10H7ClO3S.Li.H/c11-9-6-5-7-3-1-2-4-8(7)10(9)15(12,13)14;;/h1-6H,(H,12,13,14);;. The van der Waals surface area contributed by atoms with Gasteiger partial charge in [-0.2, -0.15) is 8.42 Å². The van der Waals surface area contributed by atoms with Crippen LogP contribution in [-0.2, 0) is 10.1 Å². The molecule has 2 aromatic carbocycles. The Morgan fingerprint density at radius 1 is 1.06 bits per heavy atom. The van der Waals surface area contributed by atoms with Crippen molar-refractivity contribution < 1.29 is 13.0 Å². The average molecular weight is 251 g/mol. The summed E-state index contributed by atoms with van der Waals surface area (Å²) in [5, 5.41) is 1.17. The maximum atomic E-state index is 11.1. The summed E-state index contributed by atoms with van der Waals surface area (Å²) in [6, 6.07) is 9.97. The van der Waals surface area contributed by atoms with E-state index in [4.69, 9.17) is 16.2 Å². The first-order valence-electron chi connectivity index (χ1n) is 4.15. The van der Waals surface area contributed by atoms with E-state index in [2.05, 4.69) is 0 Å². The van der Waals surface area contributed by atoms with Crippen molar-refractivity contribution >= 4 is 51.4 Å². The van der Waals surface area contributed by atoms with Crippen LogP contribution in [-0.4, -0.2) is 31.8 Å². The second kappa shape index (κ2) is 4.78. The van der Waals surface area contributed by atoms with Crippen molar-refractivity contribution in [2.45, 2.75) is 4.90 Å². The van der Waals surface area contributed by atoms with Crippen molar-refractivity contribution in [1.82, 2.24) is 0 Å². The second-order valence-electron chi connectivity index (χ2n) is 3.07.